The Hall–Kier alpha value is -1.39. The molecule has 2 aliphatic rings. The molecule has 102 valence electrons. The van der Waals surface area contributed by atoms with Crippen molar-refractivity contribution in [2.45, 2.75) is 25.5 Å². The summed E-state index contributed by atoms with van der Waals surface area (Å²) in [5.74, 6) is 0.106. The van der Waals surface area contributed by atoms with E-state index in [0.717, 1.165) is 19.5 Å². The van der Waals surface area contributed by atoms with Gasteiger partial charge in [-0.25, -0.2) is 0 Å². The van der Waals surface area contributed by atoms with Crippen LogP contribution < -0.4 is 5.32 Å². The molecule has 3 rings (SSSR count). The zero-order chi connectivity index (χ0) is 13.3. The van der Waals surface area contributed by atoms with Crippen molar-refractivity contribution < 1.29 is 9.53 Å². The molecule has 1 fully saturated rings. The minimum atomic E-state index is -0.704. The first kappa shape index (κ1) is 12.6. The average molecular weight is 260 g/mol. The predicted octanol–water partition coefficient (Wildman–Crippen LogP) is 0.950. The second kappa shape index (κ2) is 4.94. The van der Waals surface area contributed by atoms with E-state index >= 15 is 0 Å². The molecule has 1 aromatic rings. The van der Waals surface area contributed by atoms with Crippen LogP contribution in [0.2, 0.25) is 0 Å². The van der Waals surface area contributed by atoms with Crippen LogP contribution in [0.15, 0.2) is 24.3 Å². The second-order valence-corrected chi connectivity index (χ2v) is 5.50. The minimum absolute atomic E-state index is 0.106. The molecule has 1 N–H and O–H groups in total. The molecule has 19 heavy (non-hydrogen) atoms. The maximum absolute atomic E-state index is 12.6. The van der Waals surface area contributed by atoms with Crippen LogP contribution in [0, 0.1) is 0 Å². The summed E-state index contributed by atoms with van der Waals surface area (Å²) in [6.45, 7) is 5.41. The maximum Gasteiger partial charge on any atom is 0.256 e. The summed E-state index contributed by atoms with van der Waals surface area (Å²) in [4.78, 5) is 14.6. The quantitative estimate of drug-likeness (QED) is 0.817. The van der Waals surface area contributed by atoms with Gasteiger partial charge in [0, 0.05) is 26.2 Å². The molecule has 0 radical (unpaired) electrons. The fraction of sp³-hybridized carbons (Fsp3) is 0.533. The highest BCUT2D eigenvalue weighted by atomic mass is 16.5. The molecule has 2 aliphatic heterocycles. The Kier molecular flexibility index (Phi) is 3.29. The monoisotopic (exact) mass is 260 g/mol. The van der Waals surface area contributed by atoms with E-state index in [-0.39, 0.29) is 5.91 Å². The summed E-state index contributed by atoms with van der Waals surface area (Å²) in [6, 6.07) is 8.35. The van der Waals surface area contributed by atoms with E-state index in [4.69, 9.17) is 4.74 Å². The van der Waals surface area contributed by atoms with Crippen molar-refractivity contribution in [1.82, 2.24) is 10.2 Å². The van der Waals surface area contributed by atoms with Gasteiger partial charge in [0.25, 0.3) is 5.91 Å². The van der Waals surface area contributed by atoms with Gasteiger partial charge >= 0.3 is 0 Å². The lowest BCUT2D eigenvalue weighted by atomic mass is 9.97. The average Bonchev–Trinajstić information content (AvgIpc) is 2.47. The van der Waals surface area contributed by atoms with Crippen molar-refractivity contribution in [3.8, 4) is 0 Å². The number of benzene rings is 1. The maximum atomic E-state index is 12.6. The first-order chi connectivity index (χ1) is 9.19. The predicted molar refractivity (Wildman–Crippen MR) is 72.8 cm³/mol. The molecule has 0 saturated carbocycles. The SMILES string of the molecule is C[C@]1(C(=O)N2CCc3ccccc3C2)CNCCO1. The molecule has 4 nitrogen and oxygen atoms in total. The summed E-state index contributed by atoms with van der Waals surface area (Å²) in [5.41, 5.74) is 1.92. The fourth-order valence-corrected chi connectivity index (χ4v) is 2.87. The Labute approximate surface area is 113 Å². The number of ether oxygens (including phenoxy) is 1. The number of rotatable bonds is 1. The summed E-state index contributed by atoms with van der Waals surface area (Å²) in [7, 11) is 0. The van der Waals surface area contributed by atoms with Crippen molar-refractivity contribution in [3.05, 3.63) is 35.4 Å². The van der Waals surface area contributed by atoms with Gasteiger partial charge in [-0.1, -0.05) is 24.3 Å². The Morgan fingerprint density at radius 2 is 2.16 bits per heavy atom. The molecule has 1 amide bonds. The van der Waals surface area contributed by atoms with Crippen LogP contribution in [-0.4, -0.2) is 42.6 Å². The number of amides is 1. The van der Waals surface area contributed by atoms with Gasteiger partial charge in [-0.3, -0.25) is 4.79 Å². The third-order valence-electron chi connectivity index (χ3n) is 4.03. The largest absolute Gasteiger partial charge is 0.363 e. The van der Waals surface area contributed by atoms with Crippen molar-refractivity contribution in [1.29, 1.82) is 0 Å². The number of nitrogens with one attached hydrogen (secondary N) is 1. The Morgan fingerprint density at radius 3 is 2.89 bits per heavy atom. The molecule has 1 aromatic carbocycles. The van der Waals surface area contributed by atoms with E-state index in [1.807, 2.05) is 17.9 Å². The van der Waals surface area contributed by atoms with E-state index < -0.39 is 5.60 Å². The second-order valence-electron chi connectivity index (χ2n) is 5.50. The number of nitrogens with zero attached hydrogens (tertiary/aromatic N) is 1. The summed E-state index contributed by atoms with van der Waals surface area (Å²) >= 11 is 0. The first-order valence-electron chi connectivity index (χ1n) is 6.90. The molecule has 0 aliphatic carbocycles. The summed E-state index contributed by atoms with van der Waals surface area (Å²) < 4.78 is 5.71. The zero-order valence-electron chi connectivity index (χ0n) is 11.3. The summed E-state index contributed by atoms with van der Waals surface area (Å²) in [6.07, 6.45) is 0.936. The van der Waals surface area contributed by atoms with Crippen LogP contribution in [0.4, 0.5) is 0 Å². The zero-order valence-corrected chi connectivity index (χ0v) is 11.3. The van der Waals surface area contributed by atoms with Gasteiger partial charge in [0.2, 0.25) is 0 Å². The molecule has 0 bridgehead atoms. The lowest BCUT2D eigenvalue weighted by Crippen LogP contribution is -2.58. The molecule has 1 atom stereocenters. The fourth-order valence-electron chi connectivity index (χ4n) is 2.87. The Balaban J connectivity index is 1.75. The lowest BCUT2D eigenvalue weighted by molar-refractivity contribution is -0.160. The van der Waals surface area contributed by atoms with Gasteiger partial charge in [0.15, 0.2) is 5.60 Å². The number of hydrogen-bond acceptors (Lipinski definition) is 3. The molecule has 0 unspecified atom stereocenters. The van der Waals surface area contributed by atoms with Gasteiger partial charge < -0.3 is 15.0 Å². The van der Waals surface area contributed by atoms with E-state index in [1.165, 1.54) is 11.1 Å². The molecule has 1 saturated heterocycles. The summed E-state index contributed by atoms with van der Waals surface area (Å²) in [5, 5.41) is 3.24. The van der Waals surface area contributed by atoms with E-state index in [0.29, 0.717) is 19.7 Å². The van der Waals surface area contributed by atoms with Gasteiger partial charge in [0.1, 0.15) is 0 Å². The van der Waals surface area contributed by atoms with E-state index in [9.17, 15) is 4.79 Å². The lowest BCUT2D eigenvalue weighted by Gasteiger charge is -2.39. The van der Waals surface area contributed by atoms with Gasteiger partial charge in [0.05, 0.1) is 6.61 Å². The molecular weight excluding hydrogens is 240 g/mol. The third-order valence-corrected chi connectivity index (χ3v) is 4.03. The van der Waals surface area contributed by atoms with Crippen molar-refractivity contribution in [2.75, 3.05) is 26.2 Å². The third kappa shape index (κ3) is 2.38. The molecular formula is C15H20N2O2. The number of carbonyl (C=O) groups excluding carboxylic acids is 1. The van der Waals surface area contributed by atoms with E-state index in [1.54, 1.807) is 0 Å². The Bertz CT molecular complexity index is 481. The van der Waals surface area contributed by atoms with Crippen molar-refractivity contribution in [2.24, 2.45) is 0 Å². The highest BCUT2D eigenvalue weighted by molar-refractivity contribution is 5.85. The molecule has 4 heteroatoms. The molecule has 0 spiro atoms. The minimum Gasteiger partial charge on any atom is -0.363 e. The first-order valence-corrected chi connectivity index (χ1v) is 6.90. The number of carbonyl (C=O) groups is 1. The number of morpholine rings is 1. The van der Waals surface area contributed by atoms with Crippen LogP contribution in [0.25, 0.3) is 0 Å². The highest BCUT2D eigenvalue weighted by Gasteiger charge is 2.39. The smallest absolute Gasteiger partial charge is 0.256 e. The van der Waals surface area contributed by atoms with Crippen molar-refractivity contribution >= 4 is 5.91 Å². The van der Waals surface area contributed by atoms with E-state index in [2.05, 4.69) is 23.5 Å². The topological polar surface area (TPSA) is 41.6 Å². The number of fused-ring (bicyclic) bond motifs is 1. The van der Waals surface area contributed by atoms with Crippen LogP contribution in [0.5, 0.6) is 0 Å². The van der Waals surface area contributed by atoms with Crippen LogP contribution in [0.3, 0.4) is 0 Å². The van der Waals surface area contributed by atoms with Crippen LogP contribution in [0.1, 0.15) is 18.1 Å². The van der Waals surface area contributed by atoms with Crippen molar-refractivity contribution in [3.63, 3.8) is 0 Å². The highest BCUT2D eigenvalue weighted by Crippen LogP contribution is 2.23. The standard InChI is InChI=1S/C15H20N2O2/c1-15(11-16-7-9-19-15)14(18)17-8-6-12-4-2-3-5-13(12)10-17/h2-5,16H,6-11H2,1H3/t15-/m1/s1. The molecule has 0 aromatic heterocycles. The van der Waals surface area contributed by atoms with Crippen LogP contribution in [-0.2, 0) is 22.5 Å². The normalized spacial score (nSPS) is 26.9. The van der Waals surface area contributed by atoms with Gasteiger partial charge in [-0.15, -0.1) is 0 Å². The molecule has 2 heterocycles. The van der Waals surface area contributed by atoms with Crippen LogP contribution >= 0.6 is 0 Å². The number of hydrogen-bond donors (Lipinski definition) is 1. The Morgan fingerprint density at radius 1 is 1.37 bits per heavy atom. The van der Waals surface area contributed by atoms with Gasteiger partial charge in [-0.2, -0.15) is 0 Å². The van der Waals surface area contributed by atoms with Gasteiger partial charge in [-0.05, 0) is 24.5 Å².